The number of likely N-dealkylation sites (N-methyl/N-ethyl adjacent to an activating group) is 1. The molecule has 3 rings (SSSR count). The highest BCUT2D eigenvalue weighted by molar-refractivity contribution is 5.87. The molecular formula is C18H20N2O. The van der Waals surface area contributed by atoms with Crippen molar-refractivity contribution in [3.63, 3.8) is 0 Å². The standard InChI is InChI=1S/C18H20N2O/c1-20(16-10-6-3-7-11-16)17-13-15(19-18(17)21)12-14-8-4-2-5-9-14/h2-11,15,17H,12-13H2,1H3,(H,19,21)/t15-,17?/m0/s1. The summed E-state index contributed by atoms with van der Waals surface area (Å²) in [5.74, 6) is 0.127. The molecule has 1 unspecified atom stereocenters. The van der Waals surface area contributed by atoms with Crippen molar-refractivity contribution in [3.05, 3.63) is 66.2 Å². The van der Waals surface area contributed by atoms with E-state index in [9.17, 15) is 4.79 Å². The zero-order valence-electron chi connectivity index (χ0n) is 12.2. The van der Waals surface area contributed by atoms with Gasteiger partial charge in [-0.15, -0.1) is 0 Å². The Morgan fingerprint density at radius 1 is 1.05 bits per heavy atom. The van der Waals surface area contributed by atoms with E-state index < -0.39 is 0 Å². The van der Waals surface area contributed by atoms with Crippen LogP contribution < -0.4 is 10.2 Å². The summed E-state index contributed by atoms with van der Waals surface area (Å²) in [6.45, 7) is 0. The van der Waals surface area contributed by atoms with E-state index in [2.05, 4.69) is 22.3 Å². The highest BCUT2D eigenvalue weighted by Gasteiger charge is 2.34. The van der Waals surface area contributed by atoms with Gasteiger partial charge in [0.1, 0.15) is 6.04 Å². The number of nitrogens with zero attached hydrogens (tertiary/aromatic N) is 1. The first-order valence-electron chi connectivity index (χ1n) is 7.36. The van der Waals surface area contributed by atoms with Gasteiger partial charge in [0.05, 0.1) is 0 Å². The molecule has 21 heavy (non-hydrogen) atoms. The van der Waals surface area contributed by atoms with Crippen molar-refractivity contribution in [2.75, 3.05) is 11.9 Å². The molecular weight excluding hydrogens is 260 g/mol. The maximum atomic E-state index is 12.2. The lowest BCUT2D eigenvalue weighted by Crippen LogP contribution is -2.38. The summed E-state index contributed by atoms with van der Waals surface area (Å²) in [6, 6.07) is 20.5. The second-order valence-electron chi connectivity index (χ2n) is 5.59. The van der Waals surface area contributed by atoms with Crippen molar-refractivity contribution in [2.24, 2.45) is 0 Å². The van der Waals surface area contributed by atoms with Crippen LogP contribution in [0.5, 0.6) is 0 Å². The number of hydrogen-bond acceptors (Lipinski definition) is 2. The molecule has 1 N–H and O–H groups in total. The van der Waals surface area contributed by atoms with E-state index in [-0.39, 0.29) is 18.0 Å². The van der Waals surface area contributed by atoms with Gasteiger partial charge in [0.2, 0.25) is 5.91 Å². The SMILES string of the molecule is CN(c1ccccc1)C1C[C@H](Cc2ccccc2)NC1=O. The van der Waals surface area contributed by atoms with Crippen molar-refractivity contribution in [1.29, 1.82) is 0 Å². The molecule has 1 amide bonds. The van der Waals surface area contributed by atoms with Gasteiger partial charge in [0.15, 0.2) is 0 Å². The van der Waals surface area contributed by atoms with Crippen LogP contribution in [0.1, 0.15) is 12.0 Å². The average Bonchev–Trinajstić information content (AvgIpc) is 2.89. The Labute approximate surface area is 125 Å². The number of carbonyl (C=O) groups excluding carboxylic acids is 1. The third-order valence-corrected chi connectivity index (χ3v) is 4.11. The molecule has 2 atom stereocenters. The Hall–Kier alpha value is -2.29. The van der Waals surface area contributed by atoms with Crippen LogP contribution in [0.25, 0.3) is 0 Å². The van der Waals surface area contributed by atoms with Gasteiger partial charge >= 0.3 is 0 Å². The first-order chi connectivity index (χ1) is 10.2. The topological polar surface area (TPSA) is 32.3 Å². The molecule has 3 nitrogen and oxygen atoms in total. The number of nitrogens with one attached hydrogen (secondary N) is 1. The lowest BCUT2D eigenvalue weighted by Gasteiger charge is -2.24. The quantitative estimate of drug-likeness (QED) is 0.933. The third-order valence-electron chi connectivity index (χ3n) is 4.11. The highest BCUT2D eigenvalue weighted by atomic mass is 16.2. The largest absolute Gasteiger partial charge is 0.363 e. The smallest absolute Gasteiger partial charge is 0.243 e. The first kappa shape index (κ1) is 13.7. The lowest BCUT2D eigenvalue weighted by atomic mass is 10.0. The number of rotatable bonds is 4. The highest BCUT2D eigenvalue weighted by Crippen LogP contribution is 2.22. The number of hydrogen-bond donors (Lipinski definition) is 1. The Bertz CT molecular complexity index is 597. The summed E-state index contributed by atoms with van der Waals surface area (Å²) in [6.07, 6.45) is 1.74. The number of anilines is 1. The Morgan fingerprint density at radius 2 is 1.67 bits per heavy atom. The predicted octanol–water partition coefficient (Wildman–Crippen LogP) is 2.62. The van der Waals surface area contributed by atoms with E-state index in [1.54, 1.807) is 0 Å². The van der Waals surface area contributed by atoms with Crippen molar-refractivity contribution in [2.45, 2.75) is 24.9 Å². The molecule has 1 fully saturated rings. The third kappa shape index (κ3) is 3.07. The van der Waals surface area contributed by atoms with Crippen LogP contribution in [0, 0.1) is 0 Å². The molecule has 0 spiro atoms. The molecule has 2 aromatic carbocycles. The van der Waals surface area contributed by atoms with Gasteiger partial charge in [-0.1, -0.05) is 48.5 Å². The molecule has 0 saturated carbocycles. The minimum absolute atomic E-state index is 0.0823. The van der Waals surface area contributed by atoms with E-state index >= 15 is 0 Å². The van der Waals surface area contributed by atoms with Crippen molar-refractivity contribution in [1.82, 2.24) is 5.32 Å². The molecule has 1 heterocycles. The molecule has 0 radical (unpaired) electrons. The summed E-state index contributed by atoms with van der Waals surface area (Å²) in [5, 5.41) is 3.12. The van der Waals surface area contributed by atoms with E-state index in [4.69, 9.17) is 0 Å². The van der Waals surface area contributed by atoms with E-state index in [0.717, 1.165) is 18.5 Å². The zero-order valence-corrected chi connectivity index (χ0v) is 12.2. The summed E-state index contributed by atoms with van der Waals surface area (Å²) < 4.78 is 0. The Balaban J connectivity index is 1.67. The minimum Gasteiger partial charge on any atom is -0.363 e. The minimum atomic E-state index is -0.0823. The van der Waals surface area contributed by atoms with E-state index in [1.807, 2.05) is 55.6 Å². The second kappa shape index (κ2) is 6.00. The van der Waals surface area contributed by atoms with Crippen molar-refractivity contribution >= 4 is 11.6 Å². The van der Waals surface area contributed by atoms with Gasteiger partial charge in [-0.2, -0.15) is 0 Å². The lowest BCUT2D eigenvalue weighted by molar-refractivity contribution is -0.120. The monoisotopic (exact) mass is 280 g/mol. The van der Waals surface area contributed by atoms with Gasteiger partial charge in [-0.3, -0.25) is 4.79 Å². The normalized spacial score (nSPS) is 21.1. The Morgan fingerprint density at radius 3 is 2.33 bits per heavy atom. The molecule has 1 saturated heterocycles. The summed E-state index contributed by atoms with van der Waals surface area (Å²) in [4.78, 5) is 14.3. The number of amides is 1. The van der Waals surface area contributed by atoms with Gasteiger partial charge in [0.25, 0.3) is 0 Å². The van der Waals surface area contributed by atoms with Crippen LogP contribution in [0.4, 0.5) is 5.69 Å². The molecule has 2 aromatic rings. The maximum Gasteiger partial charge on any atom is 0.243 e. The molecule has 0 aliphatic carbocycles. The molecule has 3 heteroatoms. The van der Waals surface area contributed by atoms with Crippen LogP contribution in [0.3, 0.4) is 0 Å². The van der Waals surface area contributed by atoms with Gasteiger partial charge in [-0.05, 0) is 30.5 Å². The van der Waals surface area contributed by atoms with Crippen LogP contribution in [-0.4, -0.2) is 25.0 Å². The molecule has 108 valence electrons. The molecule has 1 aliphatic rings. The Kier molecular flexibility index (Phi) is 3.91. The fourth-order valence-electron chi connectivity index (χ4n) is 2.94. The maximum absolute atomic E-state index is 12.2. The first-order valence-corrected chi connectivity index (χ1v) is 7.36. The number of benzene rings is 2. The zero-order chi connectivity index (χ0) is 14.7. The van der Waals surface area contributed by atoms with Crippen molar-refractivity contribution in [3.8, 4) is 0 Å². The van der Waals surface area contributed by atoms with Gasteiger partial charge < -0.3 is 10.2 Å². The van der Waals surface area contributed by atoms with Gasteiger partial charge in [-0.25, -0.2) is 0 Å². The van der Waals surface area contributed by atoms with Crippen LogP contribution in [0.15, 0.2) is 60.7 Å². The van der Waals surface area contributed by atoms with Crippen LogP contribution in [0.2, 0.25) is 0 Å². The van der Waals surface area contributed by atoms with Gasteiger partial charge in [0, 0.05) is 18.8 Å². The van der Waals surface area contributed by atoms with Crippen LogP contribution in [-0.2, 0) is 11.2 Å². The summed E-state index contributed by atoms with van der Waals surface area (Å²) >= 11 is 0. The molecule has 1 aliphatic heterocycles. The summed E-state index contributed by atoms with van der Waals surface area (Å²) in [5.41, 5.74) is 2.35. The fraction of sp³-hybridized carbons (Fsp3) is 0.278. The number of carbonyl (C=O) groups is 1. The second-order valence-corrected chi connectivity index (χ2v) is 5.59. The fourth-order valence-corrected chi connectivity index (χ4v) is 2.94. The molecule has 0 bridgehead atoms. The summed E-state index contributed by atoms with van der Waals surface area (Å²) in [7, 11) is 1.99. The average molecular weight is 280 g/mol. The van der Waals surface area contributed by atoms with Crippen LogP contribution >= 0.6 is 0 Å². The number of para-hydroxylation sites is 1. The van der Waals surface area contributed by atoms with E-state index in [0.29, 0.717) is 0 Å². The predicted molar refractivity (Wildman–Crippen MR) is 85.3 cm³/mol. The van der Waals surface area contributed by atoms with Crippen molar-refractivity contribution < 1.29 is 4.79 Å². The van der Waals surface area contributed by atoms with E-state index in [1.165, 1.54) is 5.56 Å². The molecule has 0 aromatic heterocycles.